The highest BCUT2D eigenvalue weighted by Crippen LogP contribution is 2.21. The number of hydrogen-bond donors (Lipinski definition) is 1. The molecule has 1 heterocycles. The maximum atomic E-state index is 12.6. The van der Waals surface area contributed by atoms with Crippen LogP contribution in [0.4, 0.5) is 0 Å². The zero-order chi connectivity index (χ0) is 13.8. The van der Waals surface area contributed by atoms with Gasteiger partial charge >= 0.3 is 0 Å². The van der Waals surface area contributed by atoms with E-state index in [1.54, 1.807) is 18.2 Å². The van der Waals surface area contributed by atoms with Gasteiger partial charge in [-0.25, -0.2) is 0 Å². The zero-order valence-corrected chi connectivity index (χ0v) is 12.5. The molecule has 1 atom stereocenters. The second-order valence-corrected chi connectivity index (χ2v) is 5.62. The van der Waals surface area contributed by atoms with Crippen LogP contribution in [0, 0.1) is 0 Å². The largest absolute Gasteiger partial charge is 0.335 e. The van der Waals surface area contributed by atoms with E-state index >= 15 is 0 Å². The molecule has 0 bridgehead atoms. The lowest BCUT2D eigenvalue weighted by atomic mass is 10.0. The molecule has 1 aromatic rings. The van der Waals surface area contributed by atoms with Crippen LogP contribution < -0.4 is 5.32 Å². The Morgan fingerprint density at radius 1 is 1.37 bits per heavy atom. The number of halogens is 2. The number of carbonyl (C=O) groups excluding carboxylic acids is 1. The lowest BCUT2D eigenvalue weighted by Gasteiger charge is -2.34. The topological polar surface area (TPSA) is 32.3 Å². The Labute approximate surface area is 123 Å². The first-order chi connectivity index (χ1) is 9.11. The Bertz CT molecular complexity index is 439. The molecule has 1 amide bonds. The van der Waals surface area contributed by atoms with Gasteiger partial charge in [-0.3, -0.25) is 4.79 Å². The van der Waals surface area contributed by atoms with Crippen molar-refractivity contribution in [2.75, 3.05) is 19.6 Å². The lowest BCUT2D eigenvalue weighted by molar-refractivity contribution is 0.0662. The van der Waals surface area contributed by atoms with Crippen molar-refractivity contribution in [1.82, 2.24) is 10.2 Å². The van der Waals surface area contributed by atoms with Gasteiger partial charge in [-0.15, -0.1) is 0 Å². The Hall–Kier alpha value is -0.770. The molecule has 104 valence electrons. The van der Waals surface area contributed by atoms with Crippen molar-refractivity contribution in [3.63, 3.8) is 0 Å². The molecule has 1 aromatic carbocycles. The molecule has 1 aliphatic rings. The number of carbonyl (C=O) groups is 1. The van der Waals surface area contributed by atoms with Gasteiger partial charge in [-0.1, -0.05) is 23.2 Å². The standard InChI is InChI=1S/C14H18Cl2N2O/c1-2-18(13-4-3-5-17-9-13)14(19)10-6-11(15)8-12(16)7-10/h6-8,13,17H,2-5,9H2,1H3. The van der Waals surface area contributed by atoms with Gasteiger partial charge in [0.2, 0.25) is 0 Å². The fourth-order valence-electron chi connectivity index (χ4n) is 2.51. The highest BCUT2D eigenvalue weighted by Gasteiger charge is 2.25. The van der Waals surface area contributed by atoms with Crippen LogP contribution in [0.2, 0.25) is 10.0 Å². The molecule has 0 aliphatic carbocycles. The summed E-state index contributed by atoms with van der Waals surface area (Å²) in [5, 5.41) is 4.32. The quantitative estimate of drug-likeness (QED) is 0.930. The summed E-state index contributed by atoms with van der Waals surface area (Å²) in [5.74, 6) is 0.000556. The maximum absolute atomic E-state index is 12.6. The molecule has 0 spiro atoms. The average molecular weight is 301 g/mol. The minimum atomic E-state index is 0.000556. The summed E-state index contributed by atoms with van der Waals surface area (Å²) < 4.78 is 0. The van der Waals surface area contributed by atoms with Crippen molar-refractivity contribution in [3.05, 3.63) is 33.8 Å². The molecule has 2 rings (SSSR count). The molecule has 1 saturated heterocycles. The van der Waals surface area contributed by atoms with Crippen molar-refractivity contribution in [3.8, 4) is 0 Å². The molecular formula is C14H18Cl2N2O. The third kappa shape index (κ3) is 3.62. The van der Waals surface area contributed by atoms with E-state index in [2.05, 4.69) is 5.32 Å². The van der Waals surface area contributed by atoms with E-state index in [4.69, 9.17) is 23.2 Å². The molecule has 0 radical (unpaired) electrons. The summed E-state index contributed by atoms with van der Waals surface area (Å²) in [6.45, 7) is 4.58. The molecule has 1 N–H and O–H groups in total. The van der Waals surface area contributed by atoms with E-state index in [1.807, 2.05) is 11.8 Å². The highest BCUT2D eigenvalue weighted by molar-refractivity contribution is 6.35. The van der Waals surface area contributed by atoms with Gasteiger partial charge in [0.1, 0.15) is 0 Å². The van der Waals surface area contributed by atoms with Gasteiger partial charge in [0, 0.05) is 34.7 Å². The van der Waals surface area contributed by atoms with Gasteiger partial charge in [-0.2, -0.15) is 0 Å². The molecule has 19 heavy (non-hydrogen) atoms. The van der Waals surface area contributed by atoms with Crippen LogP contribution in [0.3, 0.4) is 0 Å². The summed E-state index contributed by atoms with van der Waals surface area (Å²) in [6.07, 6.45) is 2.14. The van der Waals surface area contributed by atoms with Crippen molar-refractivity contribution >= 4 is 29.1 Å². The molecule has 0 saturated carbocycles. The molecule has 1 unspecified atom stereocenters. The number of rotatable bonds is 3. The SMILES string of the molecule is CCN(C(=O)c1cc(Cl)cc(Cl)c1)C1CCCNC1. The average Bonchev–Trinajstić information content (AvgIpc) is 2.39. The van der Waals surface area contributed by atoms with Crippen molar-refractivity contribution < 1.29 is 4.79 Å². The highest BCUT2D eigenvalue weighted by atomic mass is 35.5. The minimum absolute atomic E-state index is 0.000556. The third-order valence-corrected chi connectivity index (χ3v) is 3.86. The van der Waals surface area contributed by atoms with E-state index in [9.17, 15) is 4.79 Å². The van der Waals surface area contributed by atoms with Crippen molar-refractivity contribution in [2.45, 2.75) is 25.8 Å². The Balaban J connectivity index is 2.19. The maximum Gasteiger partial charge on any atom is 0.254 e. The molecular weight excluding hydrogens is 283 g/mol. The van der Waals surface area contributed by atoms with Crippen molar-refractivity contribution in [2.24, 2.45) is 0 Å². The predicted molar refractivity (Wildman–Crippen MR) is 79.1 cm³/mol. The monoisotopic (exact) mass is 300 g/mol. The number of piperidine rings is 1. The fraction of sp³-hybridized carbons (Fsp3) is 0.500. The van der Waals surface area contributed by atoms with E-state index < -0.39 is 0 Å². The molecule has 1 fully saturated rings. The molecule has 5 heteroatoms. The Kier molecular flexibility index (Phi) is 5.08. The summed E-state index contributed by atoms with van der Waals surface area (Å²) in [4.78, 5) is 14.5. The lowest BCUT2D eigenvalue weighted by Crippen LogP contribution is -2.48. The summed E-state index contributed by atoms with van der Waals surface area (Å²) in [7, 11) is 0. The van der Waals surface area contributed by atoms with Crippen LogP contribution >= 0.6 is 23.2 Å². The van der Waals surface area contributed by atoms with Crippen LogP contribution in [-0.2, 0) is 0 Å². The second-order valence-electron chi connectivity index (χ2n) is 4.75. The Morgan fingerprint density at radius 3 is 2.58 bits per heavy atom. The third-order valence-electron chi connectivity index (χ3n) is 3.42. The molecule has 3 nitrogen and oxygen atoms in total. The summed E-state index contributed by atoms with van der Waals surface area (Å²) >= 11 is 11.9. The zero-order valence-electron chi connectivity index (χ0n) is 11.0. The molecule has 1 aliphatic heterocycles. The number of benzene rings is 1. The van der Waals surface area contributed by atoms with Crippen molar-refractivity contribution in [1.29, 1.82) is 0 Å². The van der Waals surface area contributed by atoms with Crippen LogP contribution in [0.25, 0.3) is 0 Å². The van der Waals surface area contributed by atoms with E-state index in [-0.39, 0.29) is 11.9 Å². The van der Waals surface area contributed by atoms with Gasteiger partial charge in [-0.05, 0) is 44.5 Å². The number of likely N-dealkylation sites (N-methyl/N-ethyl adjacent to an activating group) is 1. The fourth-order valence-corrected chi connectivity index (χ4v) is 3.04. The summed E-state index contributed by atoms with van der Waals surface area (Å²) in [6, 6.07) is 5.24. The predicted octanol–water partition coefficient (Wildman–Crippen LogP) is 3.21. The smallest absolute Gasteiger partial charge is 0.254 e. The molecule has 0 aromatic heterocycles. The minimum Gasteiger partial charge on any atom is -0.335 e. The first kappa shape index (κ1) is 14.6. The van der Waals surface area contributed by atoms with Gasteiger partial charge < -0.3 is 10.2 Å². The normalized spacial score (nSPS) is 19.2. The van der Waals surface area contributed by atoms with Gasteiger partial charge in [0.05, 0.1) is 0 Å². The van der Waals surface area contributed by atoms with Crippen LogP contribution in [0.15, 0.2) is 18.2 Å². The first-order valence-corrected chi connectivity index (χ1v) is 7.35. The van der Waals surface area contributed by atoms with Crippen LogP contribution in [0.1, 0.15) is 30.1 Å². The number of nitrogens with zero attached hydrogens (tertiary/aromatic N) is 1. The van der Waals surface area contributed by atoms with Crippen LogP contribution in [-0.4, -0.2) is 36.5 Å². The first-order valence-electron chi connectivity index (χ1n) is 6.59. The van der Waals surface area contributed by atoms with Gasteiger partial charge in [0.15, 0.2) is 0 Å². The van der Waals surface area contributed by atoms with Crippen LogP contribution in [0.5, 0.6) is 0 Å². The number of hydrogen-bond acceptors (Lipinski definition) is 2. The van der Waals surface area contributed by atoms with E-state index in [0.717, 1.165) is 25.9 Å². The van der Waals surface area contributed by atoms with E-state index in [1.165, 1.54) is 0 Å². The van der Waals surface area contributed by atoms with E-state index in [0.29, 0.717) is 22.2 Å². The second kappa shape index (κ2) is 6.60. The van der Waals surface area contributed by atoms with Gasteiger partial charge in [0.25, 0.3) is 5.91 Å². The summed E-state index contributed by atoms with van der Waals surface area (Å²) in [5.41, 5.74) is 0.560. The number of amides is 1. The number of nitrogens with one attached hydrogen (secondary N) is 1. The Morgan fingerprint density at radius 2 is 2.05 bits per heavy atom.